The Balaban J connectivity index is 1.57. The van der Waals surface area contributed by atoms with Gasteiger partial charge in [0.25, 0.3) is 0 Å². The van der Waals surface area contributed by atoms with Crippen LogP contribution in [0.3, 0.4) is 0 Å². The average Bonchev–Trinajstić information content (AvgIpc) is 2.55. The summed E-state index contributed by atoms with van der Waals surface area (Å²) in [6.45, 7) is 8.57. The van der Waals surface area contributed by atoms with E-state index in [2.05, 4.69) is 11.8 Å². The van der Waals surface area contributed by atoms with Crippen LogP contribution in [0.1, 0.15) is 52.4 Å². The molecule has 3 fully saturated rings. The van der Waals surface area contributed by atoms with Gasteiger partial charge in [0, 0.05) is 6.61 Å². The first kappa shape index (κ1) is 19.4. The predicted octanol–water partition coefficient (Wildman–Crippen LogP) is 3.93. The van der Waals surface area contributed by atoms with Gasteiger partial charge in [0.2, 0.25) is 0 Å². The fourth-order valence-electron chi connectivity index (χ4n) is 5.30. The number of likely N-dealkylation sites (tertiary alicyclic amines) is 2. The number of hydrogen-bond donors (Lipinski definition) is 0. The maximum absolute atomic E-state index is 13.8. The molecule has 0 amide bonds. The summed E-state index contributed by atoms with van der Waals surface area (Å²) in [5.74, 6) is -0.241. The average molecular weight is 362 g/mol. The first-order valence-corrected chi connectivity index (χ1v) is 10.0. The molecule has 1 saturated carbocycles. The van der Waals surface area contributed by atoms with E-state index >= 15 is 0 Å². The highest BCUT2D eigenvalue weighted by molar-refractivity contribution is 5.00. The molecular weight excluding hydrogens is 329 g/mol. The van der Waals surface area contributed by atoms with Crippen molar-refractivity contribution in [3.63, 3.8) is 0 Å². The van der Waals surface area contributed by atoms with Gasteiger partial charge < -0.3 is 9.64 Å². The molecule has 2 heterocycles. The fraction of sp³-hybridized carbons (Fsp3) is 1.00. The number of alkyl halides is 3. The number of rotatable bonds is 5. The molecule has 0 aromatic rings. The minimum absolute atomic E-state index is 0.241. The summed E-state index contributed by atoms with van der Waals surface area (Å²) >= 11 is 0. The zero-order chi connectivity index (χ0) is 18.1. The number of nitrogens with zero attached hydrogens (tertiary/aromatic N) is 2. The second-order valence-electron chi connectivity index (χ2n) is 8.28. The molecule has 1 spiro atoms. The van der Waals surface area contributed by atoms with Crippen molar-refractivity contribution in [2.75, 3.05) is 39.3 Å². The van der Waals surface area contributed by atoms with Crippen LogP contribution in [-0.2, 0) is 4.74 Å². The van der Waals surface area contributed by atoms with Crippen molar-refractivity contribution < 1.29 is 17.9 Å². The minimum atomic E-state index is -4.11. The van der Waals surface area contributed by atoms with Gasteiger partial charge >= 0.3 is 6.18 Å². The lowest BCUT2D eigenvalue weighted by Gasteiger charge is -2.54. The Hall–Kier alpha value is -0.330. The van der Waals surface area contributed by atoms with Crippen LogP contribution in [0.5, 0.6) is 0 Å². The van der Waals surface area contributed by atoms with E-state index in [-0.39, 0.29) is 11.3 Å². The van der Waals surface area contributed by atoms with Gasteiger partial charge in [0.15, 0.2) is 0 Å². The normalized spacial score (nSPS) is 28.2. The van der Waals surface area contributed by atoms with Crippen LogP contribution >= 0.6 is 0 Å². The molecular formula is C19H33F3N2O. The van der Waals surface area contributed by atoms with Crippen LogP contribution in [-0.4, -0.2) is 67.5 Å². The Labute approximate surface area is 149 Å². The maximum Gasteiger partial charge on any atom is 0.404 e. The largest absolute Gasteiger partial charge is 0.404 e. The zero-order valence-corrected chi connectivity index (χ0v) is 15.7. The zero-order valence-electron chi connectivity index (χ0n) is 15.7. The predicted molar refractivity (Wildman–Crippen MR) is 92.6 cm³/mol. The first-order valence-electron chi connectivity index (χ1n) is 10.0. The van der Waals surface area contributed by atoms with Crippen LogP contribution < -0.4 is 0 Å². The third-order valence-electron chi connectivity index (χ3n) is 6.84. The Kier molecular flexibility index (Phi) is 6.01. The highest BCUT2D eigenvalue weighted by Gasteiger charge is 2.52. The number of hydrogen-bond acceptors (Lipinski definition) is 3. The van der Waals surface area contributed by atoms with Crippen LogP contribution in [0.25, 0.3) is 0 Å². The van der Waals surface area contributed by atoms with E-state index in [1.807, 2.05) is 6.92 Å². The molecule has 25 heavy (non-hydrogen) atoms. The van der Waals surface area contributed by atoms with Crippen molar-refractivity contribution in [2.24, 2.45) is 11.3 Å². The molecule has 0 aromatic carbocycles. The van der Waals surface area contributed by atoms with Gasteiger partial charge in [-0.1, -0.05) is 6.92 Å². The van der Waals surface area contributed by atoms with Crippen molar-refractivity contribution >= 4 is 0 Å². The lowest BCUT2D eigenvalue weighted by molar-refractivity contribution is -0.211. The molecule has 0 bridgehead atoms. The summed E-state index contributed by atoms with van der Waals surface area (Å²) in [6, 6.07) is -1.24. The lowest BCUT2D eigenvalue weighted by atomic mass is 9.61. The smallest absolute Gasteiger partial charge is 0.378 e. The number of halogens is 3. The third-order valence-corrected chi connectivity index (χ3v) is 6.84. The van der Waals surface area contributed by atoms with Crippen molar-refractivity contribution in [2.45, 2.75) is 70.7 Å². The van der Waals surface area contributed by atoms with Crippen LogP contribution in [0.4, 0.5) is 13.2 Å². The highest BCUT2D eigenvalue weighted by atomic mass is 19.4. The van der Waals surface area contributed by atoms with Gasteiger partial charge in [-0.25, -0.2) is 0 Å². The Morgan fingerprint density at radius 3 is 2.12 bits per heavy atom. The monoisotopic (exact) mass is 362 g/mol. The van der Waals surface area contributed by atoms with Gasteiger partial charge in [-0.2, -0.15) is 13.2 Å². The second-order valence-corrected chi connectivity index (χ2v) is 8.28. The van der Waals surface area contributed by atoms with Crippen molar-refractivity contribution in [3.8, 4) is 0 Å². The molecule has 146 valence electrons. The molecule has 2 aliphatic heterocycles. The Morgan fingerprint density at radius 2 is 1.64 bits per heavy atom. The molecule has 3 aliphatic rings. The molecule has 0 radical (unpaired) electrons. The fourth-order valence-corrected chi connectivity index (χ4v) is 5.30. The highest BCUT2D eigenvalue weighted by Crippen LogP contribution is 2.51. The van der Waals surface area contributed by atoms with E-state index in [0.717, 1.165) is 51.9 Å². The third kappa shape index (κ3) is 4.33. The van der Waals surface area contributed by atoms with Crippen molar-refractivity contribution in [1.82, 2.24) is 9.80 Å². The van der Waals surface area contributed by atoms with E-state index < -0.39 is 12.2 Å². The topological polar surface area (TPSA) is 15.7 Å². The molecule has 0 aromatic heterocycles. The van der Waals surface area contributed by atoms with E-state index in [1.54, 1.807) is 4.90 Å². The molecule has 6 heteroatoms. The van der Waals surface area contributed by atoms with Crippen LogP contribution in [0.15, 0.2) is 0 Å². The quantitative estimate of drug-likeness (QED) is 0.737. The molecule has 1 unspecified atom stereocenters. The Bertz CT molecular complexity index is 419. The van der Waals surface area contributed by atoms with Gasteiger partial charge in [-0.15, -0.1) is 0 Å². The summed E-state index contributed by atoms with van der Waals surface area (Å²) in [4.78, 5) is 4.02. The summed E-state index contributed by atoms with van der Waals surface area (Å²) in [5, 5.41) is 0. The molecule has 1 aliphatic carbocycles. The molecule has 0 N–H and O–H groups in total. The number of piperidine rings is 2. The second kappa shape index (κ2) is 7.73. The first-order chi connectivity index (χ1) is 11.9. The summed E-state index contributed by atoms with van der Waals surface area (Å²) in [7, 11) is 0. The van der Waals surface area contributed by atoms with E-state index in [0.29, 0.717) is 32.0 Å². The minimum Gasteiger partial charge on any atom is -0.378 e. The SMILES string of the molecule is CCOC1CC2(CCN(C(C3CCN(CC)CC3)C(F)(F)F)CC2)C1. The maximum atomic E-state index is 13.8. The van der Waals surface area contributed by atoms with Crippen LogP contribution in [0.2, 0.25) is 0 Å². The molecule has 1 atom stereocenters. The molecule has 3 rings (SSSR count). The van der Waals surface area contributed by atoms with E-state index in [4.69, 9.17) is 4.74 Å². The summed E-state index contributed by atoms with van der Waals surface area (Å²) in [6.07, 6.45) is 1.46. The van der Waals surface area contributed by atoms with Crippen molar-refractivity contribution in [1.29, 1.82) is 0 Å². The standard InChI is InChI=1S/C19H33F3N2O/c1-3-23-9-5-15(6-10-23)17(19(20,21)22)24-11-7-18(8-12-24)13-16(14-18)25-4-2/h15-17H,3-14H2,1-2H3. The van der Waals surface area contributed by atoms with Crippen LogP contribution in [0, 0.1) is 11.3 Å². The molecule has 2 saturated heterocycles. The lowest BCUT2D eigenvalue weighted by Crippen LogP contribution is -2.58. The van der Waals surface area contributed by atoms with E-state index in [1.165, 1.54) is 0 Å². The summed E-state index contributed by atoms with van der Waals surface area (Å²) < 4.78 is 47.2. The van der Waals surface area contributed by atoms with Gasteiger partial charge in [-0.05, 0) is 89.5 Å². The van der Waals surface area contributed by atoms with Gasteiger partial charge in [0.1, 0.15) is 6.04 Å². The van der Waals surface area contributed by atoms with E-state index in [9.17, 15) is 13.2 Å². The molecule has 3 nitrogen and oxygen atoms in total. The Morgan fingerprint density at radius 1 is 1.04 bits per heavy atom. The van der Waals surface area contributed by atoms with Gasteiger partial charge in [-0.3, -0.25) is 4.90 Å². The van der Waals surface area contributed by atoms with Gasteiger partial charge in [0.05, 0.1) is 6.10 Å². The summed E-state index contributed by atoms with van der Waals surface area (Å²) in [5.41, 5.74) is 0.262. The van der Waals surface area contributed by atoms with Crippen molar-refractivity contribution in [3.05, 3.63) is 0 Å². The number of ether oxygens (including phenoxy) is 1.